The molecular formula is C22H18F4N4O3. The summed E-state index contributed by atoms with van der Waals surface area (Å²) in [5.41, 5.74) is -2.20. The Balaban J connectivity index is 1.56. The normalized spacial score (nSPS) is 14.2. The molecule has 4 aromatic rings. The molecule has 4 rings (SSSR count). The van der Waals surface area contributed by atoms with E-state index >= 15 is 0 Å². The first kappa shape index (κ1) is 22.6. The monoisotopic (exact) mass is 462 g/mol. The lowest BCUT2D eigenvalue weighted by molar-refractivity contribution is -0.126. The zero-order valence-electron chi connectivity index (χ0n) is 17.3. The molecule has 0 bridgehead atoms. The van der Waals surface area contributed by atoms with Crippen molar-refractivity contribution >= 4 is 0 Å². The minimum absolute atomic E-state index is 0.0562. The molecule has 172 valence electrons. The number of hydrogen-bond acceptors (Lipinski definition) is 6. The zero-order valence-corrected chi connectivity index (χ0v) is 17.3. The van der Waals surface area contributed by atoms with Crippen LogP contribution in [0.3, 0.4) is 0 Å². The second-order valence-corrected chi connectivity index (χ2v) is 7.37. The van der Waals surface area contributed by atoms with Gasteiger partial charge in [-0.1, -0.05) is 17.3 Å². The van der Waals surface area contributed by atoms with Crippen LogP contribution in [0.2, 0.25) is 0 Å². The van der Waals surface area contributed by atoms with Crippen LogP contribution < -0.4 is 0 Å². The second kappa shape index (κ2) is 9.12. The maximum absolute atomic E-state index is 14.6. The third kappa shape index (κ3) is 4.64. The Morgan fingerprint density at radius 3 is 2.67 bits per heavy atom. The highest BCUT2D eigenvalue weighted by Crippen LogP contribution is 2.32. The SMILES string of the molecule is C[C@@H](OCc1cc(-c2cccc(F)c2F)no1)[C@](O)(Cn1cncn1)c1ccc(F)cc1F. The maximum Gasteiger partial charge on any atom is 0.168 e. The van der Waals surface area contributed by atoms with Gasteiger partial charge in [0.2, 0.25) is 0 Å². The van der Waals surface area contributed by atoms with E-state index in [1.807, 2.05) is 0 Å². The van der Waals surface area contributed by atoms with Crippen molar-refractivity contribution in [3.63, 3.8) is 0 Å². The number of rotatable bonds is 8. The summed E-state index contributed by atoms with van der Waals surface area (Å²) in [4.78, 5) is 3.80. The van der Waals surface area contributed by atoms with Gasteiger partial charge in [0.15, 0.2) is 17.4 Å². The van der Waals surface area contributed by atoms with E-state index in [0.29, 0.717) is 6.07 Å². The Bertz CT molecular complexity index is 1250. The molecule has 0 radical (unpaired) electrons. The summed E-state index contributed by atoms with van der Waals surface area (Å²) in [6, 6.07) is 7.83. The number of hydrogen-bond donors (Lipinski definition) is 1. The Morgan fingerprint density at radius 2 is 1.94 bits per heavy atom. The molecule has 2 aromatic heterocycles. The quantitative estimate of drug-likeness (QED) is 0.399. The number of nitrogens with zero attached hydrogens (tertiary/aromatic N) is 4. The molecule has 11 heteroatoms. The Hall–Kier alpha value is -3.57. The average molecular weight is 462 g/mol. The second-order valence-electron chi connectivity index (χ2n) is 7.37. The fourth-order valence-corrected chi connectivity index (χ4v) is 3.39. The van der Waals surface area contributed by atoms with Crippen molar-refractivity contribution in [3.05, 3.63) is 89.7 Å². The zero-order chi connectivity index (χ0) is 23.6. The molecule has 2 atom stereocenters. The van der Waals surface area contributed by atoms with Gasteiger partial charge < -0.3 is 14.4 Å². The summed E-state index contributed by atoms with van der Waals surface area (Å²) >= 11 is 0. The topological polar surface area (TPSA) is 86.2 Å². The molecule has 0 aliphatic carbocycles. The number of benzene rings is 2. The Morgan fingerprint density at radius 1 is 1.12 bits per heavy atom. The largest absolute Gasteiger partial charge is 0.380 e. The molecule has 0 saturated heterocycles. The van der Waals surface area contributed by atoms with Gasteiger partial charge in [-0.25, -0.2) is 27.2 Å². The summed E-state index contributed by atoms with van der Waals surface area (Å²) < 4.78 is 67.6. The highest BCUT2D eigenvalue weighted by molar-refractivity contribution is 5.59. The molecule has 0 saturated carbocycles. The predicted molar refractivity (Wildman–Crippen MR) is 106 cm³/mol. The highest BCUT2D eigenvalue weighted by Gasteiger charge is 2.40. The van der Waals surface area contributed by atoms with Crippen LogP contribution in [0.25, 0.3) is 11.3 Å². The van der Waals surface area contributed by atoms with E-state index in [0.717, 1.165) is 18.2 Å². The maximum atomic E-state index is 14.6. The minimum Gasteiger partial charge on any atom is -0.380 e. The van der Waals surface area contributed by atoms with Crippen molar-refractivity contribution in [2.24, 2.45) is 0 Å². The lowest BCUT2D eigenvalue weighted by Crippen LogP contribution is -2.44. The van der Waals surface area contributed by atoms with Gasteiger partial charge in [0.05, 0.1) is 12.6 Å². The van der Waals surface area contributed by atoms with Gasteiger partial charge in [-0.2, -0.15) is 5.10 Å². The summed E-state index contributed by atoms with van der Waals surface area (Å²) in [7, 11) is 0. The van der Waals surface area contributed by atoms with Crippen LogP contribution in [-0.4, -0.2) is 31.1 Å². The van der Waals surface area contributed by atoms with Crippen molar-refractivity contribution in [1.82, 2.24) is 19.9 Å². The number of ether oxygens (including phenoxy) is 1. The van der Waals surface area contributed by atoms with Crippen LogP contribution in [0.4, 0.5) is 17.6 Å². The van der Waals surface area contributed by atoms with E-state index in [1.165, 1.54) is 42.5 Å². The predicted octanol–water partition coefficient (Wildman–Crippen LogP) is 3.98. The van der Waals surface area contributed by atoms with Gasteiger partial charge in [-0.3, -0.25) is 0 Å². The number of aliphatic hydroxyl groups is 1. The number of halogens is 4. The van der Waals surface area contributed by atoms with Gasteiger partial charge in [-0.05, 0) is 25.1 Å². The summed E-state index contributed by atoms with van der Waals surface area (Å²) in [6.07, 6.45) is 1.52. The molecule has 33 heavy (non-hydrogen) atoms. The van der Waals surface area contributed by atoms with Gasteiger partial charge in [0.25, 0.3) is 0 Å². The van der Waals surface area contributed by atoms with Crippen LogP contribution in [0.15, 0.2) is 59.6 Å². The number of aromatic nitrogens is 4. The van der Waals surface area contributed by atoms with Crippen LogP contribution >= 0.6 is 0 Å². The van der Waals surface area contributed by atoms with Crippen molar-refractivity contribution in [2.75, 3.05) is 0 Å². The fraction of sp³-hybridized carbons (Fsp3) is 0.227. The molecule has 0 amide bonds. The minimum atomic E-state index is -1.97. The van der Waals surface area contributed by atoms with Crippen molar-refractivity contribution in [2.45, 2.75) is 31.8 Å². The van der Waals surface area contributed by atoms with E-state index in [-0.39, 0.29) is 35.7 Å². The molecule has 0 unspecified atom stereocenters. The molecule has 1 N–H and O–H groups in total. The van der Waals surface area contributed by atoms with E-state index in [4.69, 9.17) is 9.26 Å². The van der Waals surface area contributed by atoms with Crippen molar-refractivity contribution < 1.29 is 31.9 Å². The van der Waals surface area contributed by atoms with Gasteiger partial charge in [0.1, 0.15) is 42.2 Å². The molecule has 7 nitrogen and oxygen atoms in total. The van der Waals surface area contributed by atoms with Crippen LogP contribution in [0.1, 0.15) is 18.2 Å². The van der Waals surface area contributed by atoms with E-state index in [9.17, 15) is 22.7 Å². The lowest BCUT2D eigenvalue weighted by atomic mass is 9.88. The molecular weight excluding hydrogens is 444 g/mol. The smallest absolute Gasteiger partial charge is 0.168 e. The first-order valence-electron chi connectivity index (χ1n) is 9.80. The molecule has 2 aromatic carbocycles. The van der Waals surface area contributed by atoms with E-state index in [2.05, 4.69) is 15.2 Å². The van der Waals surface area contributed by atoms with Gasteiger partial charge in [0, 0.05) is 23.3 Å². The standard InChI is InChI=1S/C22H18F4N4O3/c1-13(32-9-15-8-20(29-33-15)16-3-2-4-18(24)21(16)26)22(31,10-30-12-27-11-28-30)17-6-5-14(23)7-19(17)25/h2-8,11-13,31H,9-10H2,1H3/t13-,22-/m1/s1. The van der Waals surface area contributed by atoms with E-state index < -0.39 is 35.0 Å². The van der Waals surface area contributed by atoms with Crippen LogP contribution in [0.5, 0.6) is 0 Å². The molecule has 0 spiro atoms. The third-order valence-electron chi connectivity index (χ3n) is 5.20. The molecule has 0 fully saturated rings. The van der Waals surface area contributed by atoms with Crippen molar-refractivity contribution in [1.29, 1.82) is 0 Å². The van der Waals surface area contributed by atoms with Gasteiger partial charge in [-0.15, -0.1) is 0 Å². The summed E-state index contributed by atoms with van der Waals surface area (Å²) in [5.74, 6) is -3.70. The fourth-order valence-electron chi connectivity index (χ4n) is 3.39. The van der Waals surface area contributed by atoms with Crippen LogP contribution in [0, 0.1) is 23.3 Å². The third-order valence-corrected chi connectivity index (χ3v) is 5.20. The van der Waals surface area contributed by atoms with Gasteiger partial charge >= 0.3 is 0 Å². The Labute approximate surface area is 185 Å². The summed E-state index contributed by atoms with van der Waals surface area (Å²) in [5, 5.41) is 19.1. The van der Waals surface area contributed by atoms with Crippen LogP contribution in [-0.2, 0) is 23.5 Å². The molecule has 0 aliphatic rings. The van der Waals surface area contributed by atoms with Crippen molar-refractivity contribution in [3.8, 4) is 11.3 Å². The lowest BCUT2D eigenvalue weighted by Gasteiger charge is -2.34. The molecule has 0 aliphatic heterocycles. The first-order valence-corrected chi connectivity index (χ1v) is 9.80. The average Bonchev–Trinajstić information content (AvgIpc) is 3.46. The highest BCUT2D eigenvalue weighted by atomic mass is 19.2. The summed E-state index contributed by atoms with van der Waals surface area (Å²) in [6.45, 7) is 1.02. The molecule has 2 heterocycles. The van der Waals surface area contributed by atoms with E-state index in [1.54, 1.807) is 0 Å². The first-order chi connectivity index (χ1) is 15.8. The Kier molecular flexibility index (Phi) is 6.25.